The standard InChI is InChI=1S/C17H14Cl2N2O3/c18-12-3-1-11(2-4-12)16(22)20-9-15-10-21(17(23)24-15)14-7-5-13(19)6-8-14/h1-8,15H,9-10H2,(H,20,22). The molecular formula is C17H14Cl2N2O3. The molecule has 2 aromatic carbocycles. The number of ether oxygens (including phenoxy) is 1. The Hall–Kier alpha value is -2.24. The normalized spacial score (nSPS) is 16.8. The van der Waals surface area contributed by atoms with Gasteiger partial charge in [-0.05, 0) is 48.5 Å². The van der Waals surface area contributed by atoms with Gasteiger partial charge in [0.25, 0.3) is 5.91 Å². The Morgan fingerprint density at radius 2 is 1.67 bits per heavy atom. The molecular weight excluding hydrogens is 351 g/mol. The third-order valence-electron chi connectivity index (χ3n) is 3.61. The molecule has 24 heavy (non-hydrogen) atoms. The van der Waals surface area contributed by atoms with E-state index < -0.39 is 12.2 Å². The van der Waals surface area contributed by atoms with Gasteiger partial charge in [0.05, 0.1) is 13.1 Å². The Labute approximate surface area is 149 Å². The Balaban J connectivity index is 1.57. The molecule has 0 bridgehead atoms. The molecule has 3 rings (SSSR count). The lowest BCUT2D eigenvalue weighted by Gasteiger charge is -2.13. The molecule has 1 unspecified atom stereocenters. The number of carbonyl (C=O) groups is 2. The van der Waals surface area contributed by atoms with E-state index in [2.05, 4.69) is 5.32 Å². The second kappa shape index (κ2) is 7.11. The molecule has 1 aliphatic rings. The number of nitrogens with zero attached hydrogens (tertiary/aromatic N) is 1. The van der Waals surface area contributed by atoms with Crippen LogP contribution in [0.5, 0.6) is 0 Å². The van der Waals surface area contributed by atoms with Gasteiger partial charge in [-0.3, -0.25) is 9.69 Å². The van der Waals surface area contributed by atoms with Crippen LogP contribution in [-0.4, -0.2) is 31.2 Å². The van der Waals surface area contributed by atoms with Crippen molar-refractivity contribution in [2.45, 2.75) is 6.10 Å². The van der Waals surface area contributed by atoms with E-state index in [9.17, 15) is 9.59 Å². The topological polar surface area (TPSA) is 58.6 Å². The van der Waals surface area contributed by atoms with Gasteiger partial charge in [0.15, 0.2) is 0 Å². The van der Waals surface area contributed by atoms with Crippen molar-refractivity contribution in [1.29, 1.82) is 0 Å². The zero-order valence-corrected chi connectivity index (χ0v) is 14.1. The van der Waals surface area contributed by atoms with Crippen LogP contribution in [0.4, 0.5) is 10.5 Å². The van der Waals surface area contributed by atoms with Gasteiger partial charge in [-0.25, -0.2) is 4.79 Å². The van der Waals surface area contributed by atoms with E-state index in [1.165, 1.54) is 4.90 Å². The van der Waals surface area contributed by atoms with Gasteiger partial charge in [0.2, 0.25) is 0 Å². The first-order chi connectivity index (χ1) is 11.5. The first-order valence-corrected chi connectivity index (χ1v) is 8.06. The minimum absolute atomic E-state index is 0.233. The molecule has 2 amide bonds. The van der Waals surface area contributed by atoms with Crippen LogP contribution in [0.3, 0.4) is 0 Å². The van der Waals surface area contributed by atoms with Gasteiger partial charge in [0.1, 0.15) is 6.10 Å². The monoisotopic (exact) mass is 364 g/mol. The summed E-state index contributed by atoms with van der Waals surface area (Å²) in [7, 11) is 0. The van der Waals surface area contributed by atoms with Crippen molar-refractivity contribution in [1.82, 2.24) is 5.32 Å². The van der Waals surface area contributed by atoms with Crippen molar-refractivity contribution >= 4 is 40.9 Å². The van der Waals surface area contributed by atoms with Gasteiger partial charge in [-0.15, -0.1) is 0 Å². The summed E-state index contributed by atoms with van der Waals surface area (Å²) < 4.78 is 5.28. The number of cyclic esters (lactones) is 1. The Bertz CT molecular complexity index is 747. The second-order valence-corrected chi connectivity index (χ2v) is 6.18. The van der Waals surface area contributed by atoms with Gasteiger partial charge in [-0.1, -0.05) is 23.2 Å². The first-order valence-electron chi connectivity index (χ1n) is 7.30. The average molecular weight is 365 g/mol. The number of nitrogens with one attached hydrogen (secondary N) is 1. The van der Waals surface area contributed by atoms with E-state index in [0.29, 0.717) is 27.8 Å². The molecule has 0 aliphatic carbocycles. The molecule has 0 spiro atoms. The van der Waals surface area contributed by atoms with Crippen LogP contribution >= 0.6 is 23.2 Å². The van der Waals surface area contributed by atoms with Gasteiger partial charge in [-0.2, -0.15) is 0 Å². The van der Waals surface area contributed by atoms with E-state index in [4.69, 9.17) is 27.9 Å². The van der Waals surface area contributed by atoms with Crippen molar-refractivity contribution < 1.29 is 14.3 Å². The molecule has 0 saturated carbocycles. The molecule has 1 atom stereocenters. The summed E-state index contributed by atoms with van der Waals surface area (Å²) >= 11 is 11.6. The smallest absolute Gasteiger partial charge is 0.414 e. The summed E-state index contributed by atoms with van der Waals surface area (Å²) in [5, 5.41) is 3.92. The molecule has 5 nitrogen and oxygen atoms in total. The highest BCUT2D eigenvalue weighted by Crippen LogP contribution is 2.23. The largest absolute Gasteiger partial charge is 0.442 e. The molecule has 1 aliphatic heterocycles. The first kappa shape index (κ1) is 16.6. The maximum Gasteiger partial charge on any atom is 0.414 e. The molecule has 1 heterocycles. The van der Waals surface area contributed by atoms with Crippen molar-refractivity contribution in [2.75, 3.05) is 18.0 Å². The lowest BCUT2D eigenvalue weighted by Crippen LogP contribution is -2.34. The third-order valence-corrected chi connectivity index (χ3v) is 4.11. The van der Waals surface area contributed by atoms with E-state index in [-0.39, 0.29) is 12.5 Å². The predicted molar refractivity (Wildman–Crippen MR) is 92.9 cm³/mol. The quantitative estimate of drug-likeness (QED) is 0.898. The van der Waals surface area contributed by atoms with E-state index in [1.807, 2.05) is 0 Å². The van der Waals surface area contributed by atoms with Crippen LogP contribution in [0.2, 0.25) is 10.0 Å². The number of benzene rings is 2. The van der Waals surface area contributed by atoms with Crippen LogP contribution in [0, 0.1) is 0 Å². The van der Waals surface area contributed by atoms with Gasteiger partial charge < -0.3 is 10.1 Å². The molecule has 1 saturated heterocycles. The summed E-state index contributed by atoms with van der Waals surface area (Å²) in [4.78, 5) is 25.5. The summed E-state index contributed by atoms with van der Waals surface area (Å²) in [5.74, 6) is -0.243. The lowest BCUT2D eigenvalue weighted by atomic mass is 10.2. The second-order valence-electron chi connectivity index (χ2n) is 5.31. The molecule has 7 heteroatoms. The Kier molecular flexibility index (Phi) is 4.92. The number of hydrogen-bond acceptors (Lipinski definition) is 3. The number of carbonyl (C=O) groups excluding carboxylic acids is 2. The van der Waals surface area contributed by atoms with Crippen molar-refractivity contribution in [3.63, 3.8) is 0 Å². The van der Waals surface area contributed by atoms with Crippen LogP contribution in [0.1, 0.15) is 10.4 Å². The van der Waals surface area contributed by atoms with Crippen molar-refractivity contribution in [2.24, 2.45) is 0 Å². The third kappa shape index (κ3) is 3.80. The van der Waals surface area contributed by atoms with E-state index in [0.717, 1.165) is 0 Å². The number of hydrogen-bond donors (Lipinski definition) is 1. The zero-order valence-electron chi connectivity index (χ0n) is 12.5. The minimum Gasteiger partial charge on any atom is -0.442 e. The highest BCUT2D eigenvalue weighted by atomic mass is 35.5. The maximum atomic E-state index is 12.1. The molecule has 124 valence electrons. The summed E-state index contributed by atoms with van der Waals surface area (Å²) in [6, 6.07) is 13.5. The highest BCUT2D eigenvalue weighted by Gasteiger charge is 2.32. The van der Waals surface area contributed by atoms with Gasteiger partial charge in [0, 0.05) is 21.3 Å². The average Bonchev–Trinajstić information content (AvgIpc) is 2.95. The van der Waals surface area contributed by atoms with Crippen molar-refractivity contribution in [3.8, 4) is 0 Å². The fourth-order valence-electron chi connectivity index (χ4n) is 2.37. The highest BCUT2D eigenvalue weighted by molar-refractivity contribution is 6.31. The van der Waals surface area contributed by atoms with Crippen LogP contribution in [0.25, 0.3) is 0 Å². The molecule has 1 fully saturated rings. The zero-order chi connectivity index (χ0) is 17.1. The molecule has 1 N–H and O–H groups in total. The molecule has 2 aromatic rings. The fraction of sp³-hybridized carbons (Fsp3) is 0.176. The fourth-order valence-corrected chi connectivity index (χ4v) is 2.62. The number of amides is 2. The van der Waals surface area contributed by atoms with Crippen LogP contribution < -0.4 is 10.2 Å². The van der Waals surface area contributed by atoms with Crippen LogP contribution in [0.15, 0.2) is 48.5 Å². The summed E-state index contributed by atoms with van der Waals surface area (Å²) in [6.07, 6.45) is -0.854. The van der Waals surface area contributed by atoms with Crippen molar-refractivity contribution in [3.05, 3.63) is 64.1 Å². The van der Waals surface area contributed by atoms with Crippen LogP contribution in [-0.2, 0) is 4.74 Å². The Morgan fingerprint density at radius 1 is 1.08 bits per heavy atom. The summed E-state index contributed by atoms with van der Waals surface area (Å²) in [6.45, 7) is 0.596. The SMILES string of the molecule is O=C(NCC1CN(c2ccc(Cl)cc2)C(=O)O1)c1ccc(Cl)cc1. The van der Waals surface area contributed by atoms with Gasteiger partial charge >= 0.3 is 6.09 Å². The number of halogens is 2. The molecule has 0 aromatic heterocycles. The summed E-state index contributed by atoms with van der Waals surface area (Å²) in [5.41, 5.74) is 1.20. The maximum absolute atomic E-state index is 12.1. The molecule has 0 radical (unpaired) electrons. The number of anilines is 1. The lowest BCUT2D eigenvalue weighted by molar-refractivity contribution is 0.0916. The minimum atomic E-state index is -0.442. The van der Waals surface area contributed by atoms with E-state index in [1.54, 1.807) is 48.5 Å². The number of rotatable bonds is 4. The Morgan fingerprint density at radius 3 is 2.29 bits per heavy atom. The van der Waals surface area contributed by atoms with E-state index >= 15 is 0 Å². The predicted octanol–water partition coefficient (Wildman–Crippen LogP) is 3.75.